The quantitative estimate of drug-likeness (QED) is 0.545. The van der Waals surface area contributed by atoms with Crippen molar-refractivity contribution in [3.63, 3.8) is 0 Å². The van der Waals surface area contributed by atoms with Crippen LogP contribution >= 0.6 is 0 Å². The van der Waals surface area contributed by atoms with Gasteiger partial charge in [0, 0.05) is 13.1 Å². The minimum Gasteiger partial charge on any atom is -0.450 e. The fraction of sp³-hybridized carbons (Fsp3) is 0.944. The zero-order valence-electron chi connectivity index (χ0n) is 14.6. The number of hydrogen-bond acceptors (Lipinski definition) is 3. The number of rotatable bonds is 12. The first-order valence-corrected chi connectivity index (χ1v) is 9.46. The summed E-state index contributed by atoms with van der Waals surface area (Å²) in [5, 5.41) is 2.85. The van der Waals surface area contributed by atoms with Crippen LogP contribution in [-0.4, -0.2) is 43.8 Å². The summed E-state index contributed by atoms with van der Waals surface area (Å²) in [7, 11) is 0. The lowest BCUT2D eigenvalue weighted by molar-refractivity contribution is 0.135. The van der Waals surface area contributed by atoms with Gasteiger partial charge >= 0.3 is 6.09 Å². The van der Waals surface area contributed by atoms with Gasteiger partial charge in [-0.2, -0.15) is 0 Å². The standard InChI is InChI=1S/C18H36N2O2/c1-2-3-4-5-6-7-9-13-19-18(21)22-17-12-16-20-14-10-8-11-15-20/h2-17H2,1H3,(H,19,21). The molecule has 0 aromatic heterocycles. The van der Waals surface area contributed by atoms with Gasteiger partial charge in [0.25, 0.3) is 0 Å². The first-order valence-electron chi connectivity index (χ1n) is 9.46. The van der Waals surface area contributed by atoms with Gasteiger partial charge in [-0.1, -0.05) is 51.9 Å². The van der Waals surface area contributed by atoms with Crippen LogP contribution < -0.4 is 5.32 Å². The highest BCUT2D eigenvalue weighted by Crippen LogP contribution is 2.08. The van der Waals surface area contributed by atoms with Gasteiger partial charge in [-0.15, -0.1) is 0 Å². The number of carbonyl (C=O) groups excluding carboxylic acids is 1. The Bertz CT molecular complexity index is 266. The number of carbonyl (C=O) groups is 1. The van der Waals surface area contributed by atoms with Gasteiger partial charge in [-0.05, 0) is 38.8 Å². The van der Waals surface area contributed by atoms with Crippen molar-refractivity contribution in [1.82, 2.24) is 10.2 Å². The maximum absolute atomic E-state index is 11.5. The number of likely N-dealkylation sites (tertiary alicyclic amines) is 1. The third-order valence-electron chi connectivity index (χ3n) is 4.35. The van der Waals surface area contributed by atoms with E-state index in [0.717, 1.165) is 25.9 Å². The molecule has 130 valence electrons. The average molecular weight is 312 g/mol. The minimum atomic E-state index is -0.246. The molecule has 1 N–H and O–H groups in total. The van der Waals surface area contributed by atoms with Crippen molar-refractivity contribution in [3.05, 3.63) is 0 Å². The Labute approximate surface area is 137 Å². The summed E-state index contributed by atoms with van der Waals surface area (Å²) in [6, 6.07) is 0. The Kier molecular flexibility index (Phi) is 12.1. The van der Waals surface area contributed by atoms with Crippen LogP contribution in [0, 0.1) is 0 Å². The lowest BCUT2D eigenvalue weighted by Gasteiger charge is -2.26. The molecule has 1 aliphatic rings. The molecule has 0 spiro atoms. The largest absolute Gasteiger partial charge is 0.450 e. The number of nitrogens with zero attached hydrogens (tertiary/aromatic N) is 1. The van der Waals surface area contributed by atoms with E-state index in [1.165, 1.54) is 70.9 Å². The maximum atomic E-state index is 11.5. The molecule has 0 saturated carbocycles. The van der Waals surface area contributed by atoms with E-state index in [2.05, 4.69) is 17.1 Å². The second-order valence-electron chi connectivity index (χ2n) is 6.44. The number of amides is 1. The molecule has 0 unspecified atom stereocenters. The molecule has 1 amide bonds. The van der Waals surface area contributed by atoms with Crippen molar-refractivity contribution in [2.24, 2.45) is 0 Å². The topological polar surface area (TPSA) is 41.6 Å². The van der Waals surface area contributed by atoms with Crippen LogP contribution in [0.25, 0.3) is 0 Å². The molecule has 0 aromatic rings. The number of nitrogens with one attached hydrogen (secondary N) is 1. The molecule has 4 nitrogen and oxygen atoms in total. The monoisotopic (exact) mass is 312 g/mol. The molecule has 1 heterocycles. The number of unbranched alkanes of at least 4 members (excludes halogenated alkanes) is 6. The van der Waals surface area contributed by atoms with Gasteiger partial charge in [0.05, 0.1) is 6.61 Å². The highest BCUT2D eigenvalue weighted by Gasteiger charge is 2.09. The fourth-order valence-electron chi connectivity index (χ4n) is 2.96. The van der Waals surface area contributed by atoms with Crippen molar-refractivity contribution in [3.8, 4) is 0 Å². The summed E-state index contributed by atoms with van der Waals surface area (Å²) in [6.45, 7) is 7.01. The van der Waals surface area contributed by atoms with Crippen LogP contribution in [0.3, 0.4) is 0 Å². The van der Waals surface area contributed by atoms with Crippen molar-refractivity contribution >= 4 is 6.09 Å². The van der Waals surface area contributed by atoms with Crippen LogP contribution in [0.15, 0.2) is 0 Å². The third-order valence-corrected chi connectivity index (χ3v) is 4.35. The molecule has 22 heavy (non-hydrogen) atoms. The van der Waals surface area contributed by atoms with Crippen LogP contribution in [0.1, 0.15) is 77.6 Å². The molecule has 1 fully saturated rings. The Balaban J connectivity index is 1.81. The van der Waals surface area contributed by atoms with Gasteiger partial charge in [-0.25, -0.2) is 4.79 Å². The number of piperidine rings is 1. The summed E-state index contributed by atoms with van der Waals surface area (Å²) in [4.78, 5) is 14.0. The molecule has 0 aliphatic carbocycles. The number of ether oxygens (including phenoxy) is 1. The van der Waals surface area contributed by atoms with Crippen LogP contribution in [0.4, 0.5) is 4.79 Å². The van der Waals surface area contributed by atoms with Crippen molar-refractivity contribution < 1.29 is 9.53 Å². The normalized spacial score (nSPS) is 15.7. The van der Waals surface area contributed by atoms with Crippen molar-refractivity contribution in [2.75, 3.05) is 32.8 Å². The Morgan fingerprint density at radius 3 is 2.36 bits per heavy atom. The minimum absolute atomic E-state index is 0.246. The maximum Gasteiger partial charge on any atom is 0.407 e. The fourth-order valence-corrected chi connectivity index (χ4v) is 2.96. The predicted molar refractivity (Wildman–Crippen MR) is 92.3 cm³/mol. The molecule has 1 aliphatic heterocycles. The van der Waals surface area contributed by atoms with E-state index in [1.807, 2.05) is 0 Å². The summed E-state index contributed by atoms with van der Waals surface area (Å²) in [5.41, 5.74) is 0. The molecule has 0 bridgehead atoms. The van der Waals surface area contributed by atoms with E-state index in [1.54, 1.807) is 0 Å². The lowest BCUT2D eigenvalue weighted by Crippen LogP contribution is -2.32. The summed E-state index contributed by atoms with van der Waals surface area (Å²) in [5.74, 6) is 0. The highest BCUT2D eigenvalue weighted by molar-refractivity contribution is 5.66. The van der Waals surface area contributed by atoms with E-state index in [9.17, 15) is 4.79 Å². The number of hydrogen-bond donors (Lipinski definition) is 1. The van der Waals surface area contributed by atoms with E-state index in [-0.39, 0.29) is 6.09 Å². The SMILES string of the molecule is CCCCCCCCCNC(=O)OCCCN1CCCCC1. The predicted octanol–water partition coefficient (Wildman–Crippen LogP) is 4.34. The highest BCUT2D eigenvalue weighted by atomic mass is 16.5. The van der Waals surface area contributed by atoms with Crippen LogP contribution in [0.5, 0.6) is 0 Å². The molecule has 0 radical (unpaired) electrons. The molecule has 1 saturated heterocycles. The number of alkyl carbamates (subject to hydrolysis) is 1. The van der Waals surface area contributed by atoms with E-state index < -0.39 is 0 Å². The van der Waals surface area contributed by atoms with Gasteiger partial charge < -0.3 is 15.0 Å². The summed E-state index contributed by atoms with van der Waals surface area (Å²) < 4.78 is 5.22. The molecule has 0 atom stereocenters. The molecule has 4 heteroatoms. The van der Waals surface area contributed by atoms with Gasteiger partial charge in [0.15, 0.2) is 0 Å². The lowest BCUT2D eigenvalue weighted by atomic mass is 10.1. The van der Waals surface area contributed by atoms with Crippen molar-refractivity contribution in [2.45, 2.75) is 77.6 Å². The Morgan fingerprint density at radius 1 is 0.955 bits per heavy atom. The van der Waals surface area contributed by atoms with Crippen LogP contribution in [0.2, 0.25) is 0 Å². The smallest absolute Gasteiger partial charge is 0.407 e. The van der Waals surface area contributed by atoms with E-state index >= 15 is 0 Å². The summed E-state index contributed by atoms with van der Waals surface area (Å²) >= 11 is 0. The third kappa shape index (κ3) is 10.9. The van der Waals surface area contributed by atoms with E-state index in [0.29, 0.717) is 6.61 Å². The molecular weight excluding hydrogens is 276 g/mol. The van der Waals surface area contributed by atoms with Crippen molar-refractivity contribution in [1.29, 1.82) is 0 Å². The molecule has 1 rings (SSSR count). The zero-order chi connectivity index (χ0) is 15.9. The first kappa shape index (κ1) is 19.3. The molecule has 0 aromatic carbocycles. The van der Waals surface area contributed by atoms with E-state index in [4.69, 9.17) is 4.74 Å². The van der Waals surface area contributed by atoms with Gasteiger partial charge in [0.1, 0.15) is 0 Å². The van der Waals surface area contributed by atoms with Crippen LogP contribution in [-0.2, 0) is 4.74 Å². The second-order valence-corrected chi connectivity index (χ2v) is 6.44. The Hall–Kier alpha value is -0.770. The van der Waals surface area contributed by atoms with Gasteiger partial charge in [0.2, 0.25) is 0 Å². The summed E-state index contributed by atoms with van der Waals surface area (Å²) in [6.07, 6.45) is 13.6. The average Bonchev–Trinajstić information content (AvgIpc) is 2.55. The molecular formula is C18H36N2O2. The first-order chi connectivity index (χ1) is 10.8. The second kappa shape index (κ2) is 13.9. The Morgan fingerprint density at radius 2 is 1.64 bits per heavy atom. The zero-order valence-corrected chi connectivity index (χ0v) is 14.6. The van der Waals surface area contributed by atoms with Gasteiger partial charge in [-0.3, -0.25) is 0 Å².